The predicted molar refractivity (Wildman–Crippen MR) is 94.1 cm³/mol. The third-order valence-corrected chi connectivity index (χ3v) is 5.52. The lowest BCUT2D eigenvalue weighted by Gasteiger charge is -2.42. The Morgan fingerprint density at radius 3 is 2.80 bits per heavy atom. The number of piperidine rings is 1. The molecule has 0 unspecified atom stereocenters. The maximum Gasteiger partial charge on any atom is 0.289 e. The molecule has 0 saturated carbocycles. The highest BCUT2D eigenvalue weighted by Gasteiger charge is 2.51. The van der Waals surface area contributed by atoms with E-state index >= 15 is 0 Å². The van der Waals surface area contributed by atoms with Gasteiger partial charge in [0, 0.05) is 17.8 Å². The standard InChI is InChI=1S/C20H23FN2O2/c1-20(2)13-17-16(23(20)15-7-3-6-14(21)12-15)8-4-10-22(17)19(24)18-9-5-11-25-18/h3,5-7,9,11-12,16-17H,4,8,10,13H2,1-2H3/t16-,17-/m0/s1. The van der Waals surface area contributed by atoms with Gasteiger partial charge in [-0.2, -0.15) is 0 Å². The molecule has 4 nitrogen and oxygen atoms in total. The Kier molecular flexibility index (Phi) is 3.82. The number of likely N-dealkylation sites (tertiary alicyclic amines) is 1. The van der Waals surface area contributed by atoms with Crippen molar-refractivity contribution in [1.82, 2.24) is 4.90 Å². The van der Waals surface area contributed by atoms with E-state index in [0.29, 0.717) is 5.76 Å². The topological polar surface area (TPSA) is 36.7 Å². The molecule has 0 aliphatic carbocycles. The van der Waals surface area contributed by atoms with E-state index in [1.807, 2.05) is 11.0 Å². The van der Waals surface area contributed by atoms with Crippen molar-refractivity contribution < 1.29 is 13.6 Å². The Morgan fingerprint density at radius 1 is 1.24 bits per heavy atom. The molecular weight excluding hydrogens is 319 g/mol. The van der Waals surface area contributed by atoms with Gasteiger partial charge in [0.15, 0.2) is 5.76 Å². The highest BCUT2D eigenvalue weighted by molar-refractivity contribution is 5.92. The van der Waals surface area contributed by atoms with Crippen LogP contribution in [0.25, 0.3) is 0 Å². The summed E-state index contributed by atoms with van der Waals surface area (Å²) in [5.74, 6) is 0.121. The third kappa shape index (κ3) is 2.71. The van der Waals surface area contributed by atoms with Crippen molar-refractivity contribution in [3.05, 3.63) is 54.2 Å². The fourth-order valence-corrected chi connectivity index (χ4v) is 4.60. The Balaban J connectivity index is 1.68. The van der Waals surface area contributed by atoms with Crippen LogP contribution >= 0.6 is 0 Å². The minimum atomic E-state index is -0.226. The second-order valence-corrected chi connectivity index (χ2v) is 7.62. The van der Waals surface area contributed by atoms with Gasteiger partial charge in [0.1, 0.15) is 5.82 Å². The molecule has 2 aliphatic rings. The number of anilines is 1. The molecule has 25 heavy (non-hydrogen) atoms. The first-order valence-corrected chi connectivity index (χ1v) is 8.87. The summed E-state index contributed by atoms with van der Waals surface area (Å²) >= 11 is 0. The molecule has 0 bridgehead atoms. The third-order valence-electron chi connectivity index (χ3n) is 5.52. The molecule has 2 atom stereocenters. The SMILES string of the molecule is CC1(C)C[C@H]2[C@H](CCCN2C(=O)c2ccco2)N1c1cccc(F)c1. The number of halogens is 1. The summed E-state index contributed by atoms with van der Waals surface area (Å²) < 4.78 is 19.1. The van der Waals surface area contributed by atoms with E-state index < -0.39 is 0 Å². The average molecular weight is 342 g/mol. The molecule has 2 aromatic rings. The Labute approximate surface area is 147 Å². The van der Waals surface area contributed by atoms with Crippen molar-refractivity contribution in [3.63, 3.8) is 0 Å². The molecule has 0 radical (unpaired) electrons. The number of nitrogens with zero attached hydrogens (tertiary/aromatic N) is 2. The van der Waals surface area contributed by atoms with Gasteiger partial charge in [0.05, 0.1) is 18.3 Å². The molecule has 3 heterocycles. The summed E-state index contributed by atoms with van der Waals surface area (Å²) in [6, 6.07) is 10.6. The molecule has 2 fully saturated rings. The highest BCUT2D eigenvalue weighted by atomic mass is 19.1. The lowest BCUT2D eigenvalue weighted by molar-refractivity contribution is 0.0573. The van der Waals surface area contributed by atoms with Gasteiger partial charge in [0.25, 0.3) is 5.91 Å². The van der Waals surface area contributed by atoms with Crippen LogP contribution in [0.2, 0.25) is 0 Å². The van der Waals surface area contributed by atoms with Crippen molar-refractivity contribution in [3.8, 4) is 0 Å². The van der Waals surface area contributed by atoms with Gasteiger partial charge in [-0.05, 0) is 63.4 Å². The summed E-state index contributed by atoms with van der Waals surface area (Å²) in [4.78, 5) is 17.1. The quantitative estimate of drug-likeness (QED) is 0.825. The number of furan rings is 1. The minimum absolute atomic E-state index is 0.0448. The number of hydrogen-bond acceptors (Lipinski definition) is 3. The van der Waals surface area contributed by atoms with E-state index in [9.17, 15) is 9.18 Å². The molecule has 2 saturated heterocycles. The molecule has 0 N–H and O–H groups in total. The molecule has 0 spiro atoms. The number of carbonyl (C=O) groups is 1. The summed E-state index contributed by atoms with van der Waals surface area (Å²) in [7, 11) is 0. The molecule has 1 aromatic carbocycles. The van der Waals surface area contributed by atoms with Crippen molar-refractivity contribution in [2.75, 3.05) is 11.4 Å². The summed E-state index contributed by atoms with van der Waals surface area (Å²) in [6.45, 7) is 5.09. The van der Waals surface area contributed by atoms with Crippen LogP contribution in [0, 0.1) is 5.82 Å². The largest absolute Gasteiger partial charge is 0.459 e. The number of hydrogen-bond donors (Lipinski definition) is 0. The van der Waals surface area contributed by atoms with Gasteiger partial charge in [0.2, 0.25) is 0 Å². The highest BCUT2D eigenvalue weighted by Crippen LogP contribution is 2.44. The number of amides is 1. The van der Waals surface area contributed by atoms with Crippen LogP contribution in [-0.4, -0.2) is 35.0 Å². The van der Waals surface area contributed by atoms with Crippen LogP contribution in [-0.2, 0) is 0 Å². The van der Waals surface area contributed by atoms with E-state index in [4.69, 9.17) is 4.42 Å². The average Bonchev–Trinajstić information content (AvgIpc) is 3.18. The lowest BCUT2D eigenvalue weighted by Crippen LogP contribution is -2.52. The van der Waals surface area contributed by atoms with Crippen molar-refractivity contribution >= 4 is 11.6 Å². The van der Waals surface area contributed by atoms with Crippen LogP contribution in [0.3, 0.4) is 0 Å². The Bertz CT molecular complexity index is 772. The number of carbonyl (C=O) groups excluding carboxylic acids is 1. The number of benzene rings is 1. The molecule has 5 heteroatoms. The zero-order chi connectivity index (χ0) is 17.6. The normalized spacial score (nSPS) is 25.1. The first kappa shape index (κ1) is 16.2. The van der Waals surface area contributed by atoms with Crippen LogP contribution < -0.4 is 4.90 Å². The number of fused-ring (bicyclic) bond motifs is 1. The molecule has 1 amide bonds. The van der Waals surface area contributed by atoms with Crippen LogP contribution in [0.1, 0.15) is 43.7 Å². The van der Waals surface area contributed by atoms with E-state index in [1.54, 1.807) is 24.3 Å². The van der Waals surface area contributed by atoms with Crippen molar-refractivity contribution in [2.45, 2.75) is 50.7 Å². The molecule has 132 valence electrons. The van der Waals surface area contributed by atoms with Gasteiger partial charge in [-0.25, -0.2) is 4.39 Å². The van der Waals surface area contributed by atoms with Crippen LogP contribution in [0.15, 0.2) is 47.1 Å². The first-order chi connectivity index (χ1) is 12.0. The van der Waals surface area contributed by atoms with Gasteiger partial charge in [-0.15, -0.1) is 0 Å². The van der Waals surface area contributed by atoms with Crippen LogP contribution in [0.4, 0.5) is 10.1 Å². The predicted octanol–water partition coefficient (Wildman–Crippen LogP) is 4.08. The van der Waals surface area contributed by atoms with E-state index in [-0.39, 0.29) is 29.3 Å². The van der Waals surface area contributed by atoms with Crippen molar-refractivity contribution in [1.29, 1.82) is 0 Å². The second kappa shape index (κ2) is 5.90. The van der Waals surface area contributed by atoms with Crippen LogP contribution in [0.5, 0.6) is 0 Å². The monoisotopic (exact) mass is 342 g/mol. The molecule has 4 rings (SSSR count). The Hall–Kier alpha value is -2.30. The number of rotatable bonds is 2. The maximum atomic E-state index is 13.8. The van der Waals surface area contributed by atoms with Crippen molar-refractivity contribution in [2.24, 2.45) is 0 Å². The summed E-state index contributed by atoms with van der Waals surface area (Å²) in [5.41, 5.74) is 0.750. The van der Waals surface area contributed by atoms with Gasteiger partial charge >= 0.3 is 0 Å². The molecule has 1 aromatic heterocycles. The zero-order valence-electron chi connectivity index (χ0n) is 14.6. The summed E-state index contributed by atoms with van der Waals surface area (Å²) in [5, 5.41) is 0. The van der Waals surface area contributed by atoms with E-state index in [0.717, 1.165) is 31.5 Å². The maximum absolute atomic E-state index is 13.8. The molecule has 2 aliphatic heterocycles. The van der Waals surface area contributed by atoms with E-state index in [2.05, 4.69) is 18.7 Å². The summed E-state index contributed by atoms with van der Waals surface area (Å²) in [6.07, 6.45) is 4.34. The first-order valence-electron chi connectivity index (χ1n) is 8.87. The van der Waals surface area contributed by atoms with Gasteiger partial charge < -0.3 is 14.2 Å². The Morgan fingerprint density at radius 2 is 2.08 bits per heavy atom. The van der Waals surface area contributed by atoms with E-state index in [1.165, 1.54) is 12.3 Å². The van der Waals surface area contributed by atoms with Gasteiger partial charge in [-0.3, -0.25) is 4.79 Å². The van der Waals surface area contributed by atoms with Gasteiger partial charge in [-0.1, -0.05) is 6.07 Å². The lowest BCUT2D eigenvalue weighted by atomic mass is 9.94. The fraction of sp³-hybridized carbons (Fsp3) is 0.450. The smallest absolute Gasteiger partial charge is 0.289 e. The zero-order valence-corrected chi connectivity index (χ0v) is 14.6. The minimum Gasteiger partial charge on any atom is -0.459 e. The second-order valence-electron chi connectivity index (χ2n) is 7.62. The fourth-order valence-electron chi connectivity index (χ4n) is 4.60. The molecular formula is C20H23FN2O2.